The summed E-state index contributed by atoms with van der Waals surface area (Å²) in [5, 5.41) is 2.88. The number of nitrogens with one attached hydrogen (secondary N) is 1. The van der Waals surface area contributed by atoms with E-state index in [0.29, 0.717) is 24.4 Å². The van der Waals surface area contributed by atoms with Crippen molar-refractivity contribution in [3.05, 3.63) is 53.6 Å². The molecule has 164 valence electrons. The van der Waals surface area contributed by atoms with Crippen LogP contribution in [0.25, 0.3) is 0 Å². The summed E-state index contributed by atoms with van der Waals surface area (Å²) in [4.78, 5) is 12.5. The summed E-state index contributed by atoms with van der Waals surface area (Å²) in [6, 6.07) is 11.9. The fourth-order valence-electron chi connectivity index (χ4n) is 3.06. The first kappa shape index (κ1) is 23.7. The Bertz CT molecular complexity index is 954. The number of methoxy groups -OCH3 is 1. The minimum absolute atomic E-state index is 0.163. The zero-order chi connectivity index (χ0) is 22.3. The van der Waals surface area contributed by atoms with Crippen LogP contribution in [0.4, 0.5) is 0 Å². The van der Waals surface area contributed by atoms with Gasteiger partial charge in [0.05, 0.1) is 18.0 Å². The predicted octanol–water partition coefficient (Wildman–Crippen LogP) is 3.29. The molecule has 0 bridgehead atoms. The maximum absolute atomic E-state index is 12.6. The monoisotopic (exact) mass is 434 g/mol. The van der Waals surface area contributed by atoms with E-state index >= 15 is 0 Å². The highest BCUT2D eigenvalue weighted by atomic mass is 32.2. The van der Waals surface area contributed by atoms with Gasteiger partial charge in [-0.15, -0.1) is 0 Å². The molecular weight excluding hydrogens is 404 g/mol. The summed E-state index contributed by atoms with van der Waals surface area (Å²) in [5.74, 6) is 0.959. The smallest absolute Gasteiger partial charge is 0.258 e. The molecule has 1 amide bonds. The molecule has 0 fully saturated rings. The first-order chi connectivity index (χ1) is 14.2. The maximum atomic E-state index is 12.6. The van der Waals surface area contributed by atoms with Crippen LogP contribution in [-0.4, -0.2) is 45.4 Å². The topological polar surface area (TPSA) is 84.9 Å². The molecule has 0 spiro atoms. The molecule has 1 N–H and O–H groups in total. The number of amides is 1. The summed E-state index contributed by atoms with van der Waals surface area (Å²) >= 11 is 0. The van der Waals surface area contributed by atoms with Gasteiger partial charge in [0.25, 0.3) is 5.91 Å². The molecule has 0 saturated carbocycles. The van der Waals surface area contributed by atoms with Gasteiger partial charge in [-0.3, -0.25) is 4.79 Å². The summed E-state index contributed by atoms with van der Waals surface area (Å²) in [6.45, 7) is 7.90. The van der Waals surface area contributed by atoms with E-state index in [0.717, 1.165) is 11.3 Å². The van der Waals surface area contributed by atoms with Crippen molar-refractivity contribution in [3.8, 4) is 11.5 Å². The molecule has 2 aromatic rings. The van der Waals surface area contributed by atoms with Crippen molar-refractivity contribution in [1.82, 2.24) is 9.62 Å². The Kier molecular flexibility index (Phi) is 8.25. The average Bonchev–Trinajstić information content (AvgIpc) is 2.73. The Morgan fingerprint density at radius 3 is 2.27 bits per heavy atom. The number of nitrogens with zero attached hydrogens (tertiary/aromatic N) is 1. The Labute approximate surface area is 179 Å². The number of carbonyl (C=O) groups excluding carboxylic acids is 1. The molecule has 7 nitrogen and oxygen atoms in total. The second-order valence-corrected chi connectivity index (χ2v) is 8.81. The number of hydrogen-bond donors (Lipinski definition) is 1. The number of carbonyl (C=O) groups is 1. The third-order valence-electron chi connectivity index (χ3n) is 4.84. The van der Waals surface area contributed by atoms with E-state index in [9.17, 15) is 13.2 Å². The molecule has 1 atom stereocenters. The van der Waals surface area contributed by atoms with Gasteiger partial charge in [-0.2, -0.15) is 4.31 Å². The summed E-state index contributed by atoms with van der Waals surface area (Å²) in [6.07, 6.45) is 0. The van der Waals surface area contributed by atoms with Crippen LogP contribution >= 0.6 is 0 Å². The lowest BCUT2D eigenvalue weighted by molar-refractivity contribution is -0.123. The lowest BCUT2D eigenvalue weighted by atomic mass is 10.1. The number of rotatable bonds is 10. The van der Waals surface area contributed by atoms with E-state index in [1.165, 1.54) is 10.4 Å². The van der Waals surface area contributed by atoms with Gasteiger partial charge in [-0.05, 0) is 55.3 Å². The molecule has 0 aliphatic carbocycles. The van der Waals surface area contributed by atoms with E-state index < -0.39 is 10.0 Å². The standard InChI is InChI=1S/C22H30N2O5S/c1-6-24(7-2)30(26,27)20-12-13-21(16(3)14-20)29-15-22(25)23-17(4)18-8-10-19(28-5)11-9-18/h8-14,17H,6-7,15H2,1-5H3,(H,23,25). The molecule has 0 aliphatic heterocycles. The Balaban J connectivity index is 1.99. The number of benzene rings is 2. The van der Waals surface area contributed by atoms with Crippen LogP contribution in [0, 0.1) is 6.92 Å². The molecule has 0 saturated heterocycles. The minimum Gasteiger partial charge on any atom is -0.497 e. The normalized spacial score (nSPS) is 12.5. The van der Waals surface area contributed by atoms with E-state index in [1.54, 1.807) is 40.0 Å². The van der Waals surface area contributed by atoms with Crippen LogP contribution < -0.4 is 14.8 Å². The van der Waals surface area contributed by atoms with Gasteiger partial charge in [0.2, 0.25) is 10.0 Å². The number of hydrogen-bond acceptors (Lipinski definition) is 5. The third-order valence-corrected chi connectivity index (χ3v) is 6.89. The molecule has 0 radical (unpaired) electrons. The van der Waals surface area contributed by atoms with Crippen molar-refractivity contribution in [2.24, 2.45) is 0 Å². The summed E-state index contributed by atoms with van der Waals surface area (Å²) < 4.78 is 37.4. The maximum Gasteiger partial charge on any atom is 0.258 e. The zero-order valence-corrected chi connectivity index (χ0v) is 19.0. The molecule has 30 heavy (non-hydrogen) atoms. The molecule has 2 rings (SSSR count). The second-order valence-electron chi connectivity index (χ2n) is 6.87. The fourth-order valence-corrected chi connectivity index (χ4v) is 4.60. The van der Waals surface area contributed by atoms with Gasteiger partial charge in [-0.1, -0.05) is 26.0 Å². The van der Waals surface area contributed by atoms with Crippen LogP contribution in [-0.2, 0) is 14.8 Å². The van der Waals surface area contributed by atoms with E-state index in [1.807, 2.05) is 31.2 Å². The molecule has 1 unspecified atom stereocenters. The molecule has 2 aromatic carbocycles. The number of aryl methyl sites for hydroxylation is 1. The lowest BCUT2D eigenvalue weighted by Gasteiger charge is -2.19. The fraction of sp³-hybridized carbons (Fsp3) is 0.409. The van der Waals surface area contributed by atoms with E-state index in [-0.39, 0.29) is 23.5 Å². The Morgan fingerprint density at radius 1 is 1.10 bits per heavy atom. The highest BCUT2D eigenvalue weighted by Gasteiger charge is 2.22. The van der Waals surface area contributed by atoms with Crippen molar-refractivity contribution in [3.63, 3.8) is 0 Å². The minimum atomic E-state index is -3.53. The van der Waals surface area contributed by atoms with Crippen LogP contribution in [0.3, 0.4) is 0 Å². The first-order valence-corrected chi connectivity index (χ1v) is 11.3. The van der Waals surface area contributed by atoms with Crippen molar-refractivity contribution in [2.45, 2.75) is 38.6 Å². The van der Waals surface area contributed by atoms with E-state index in [4.69, 9.17) is 9.47 Å². The van der Waals surface area contributed by atoms with Gasteiger partial charge in [0.1, 0.15) is 11.5 Å². The zero-order valence-electron chi connectivity index (χ0n) is 18.1. The number of sulfonamides is 1. The van der Waals surface area contributed by atoms with Gasteiger partial charge < -0.3 is 14.8 Å². The van der Waals surface area contributed by atoms with Gasteiger partial charge in [-0.25, -0.2) is 8.42 Å². The van der Waals surface area contributed by atoms with Crippen LogP contribution in [0.15, 0.2) is 47.4 Å². The molecule has 8 heteroatoms. The largest absolute Gasteiger partial charge is 0.497 e. The first-order valence-electron chi connectivity index (χ1n) is 9.89. The molecule has 0 aromatic heterocycles. The van der Waals surface area contributed by atoms with Crippen LogP contribution in [0.5, 0.6) is 11.5 Å². The Hall–Kier alpha value is -2.58. The molecular formula is C22H30N2O5S. The quantitative estimate of drug-likeness (QED) is 0.620. The van der Waals surface area contributed by atoms with Gasteiger partial charge >= 0.3 is 0 Å². The second kappa shape index (κ2) is 10.4. The predicted molar refractivity (Wildman–Crippen MR) is 116 cm³/mol. The highest BCUT2D eigenvalue weighted by Crippen LogP contribution is 2.24. The molecule has 0 heterocycles. The summed E-state index contributed by atoms with van der Waals surface area (Å²) in [5.41, 5.74) is 1.60. The van der Waals surface area contributed by atoms with E-state index in [2.05, 4.69) is 5.32 Å². The Morgan fingerprint density at radius 2 is 1.73 bits per heavy atom. The third kappa shape index (κ3) is 5.73. The van der Waals surface area contributed by atoms with Crippen LogP contribution in [0.2, 0.25) is 0 Å². The van der Waals surface area contributed by atoms with Crippen molar-refractivity contribution in [2.75, 3.05) is 26.8 Å². The molecule has 0 aliphatic rings. The van der Waals surface area contributed by atoms with Crippen LogP contribution in [0.1, 0.15) is 37.9 Å². The lowest BCUT2D eigenvalue weighted by Crippen LogP contribution is -2.31. The van der Waals surface area contributed by atoms with Crippen molar-refractivity contribution < 1.29 is 22.7 Å². The van der Waals surface area contributed by atoms with Gasteiger partial charge in [0.15, 0.2) is 6.61 Å². The summed E-state index contributed by atoms with van der Waals surface area (Å²) in [7, 11) is -1.93. The number of ether oxygens (including phenoxy) is 2. The van der Waals surface area contributed by atoms with Crippen molar-refractivity contribution >= 4 is 15.9 Å². The van der Waals surface area contributed by atoms with Crippen molar-refractivity contribution in [1.29, 1.82) is 0 Å². The average molecular weight is 435 g/mol. The highest BCUT2D eigenvalue weighted by molar-refractivity contribution is 7.89. The van der Waals surface area contributed by atoms with Gasteiger partial charge in [0, 0.05) is 13.1 Å². The SMILES string of the molecule is CCN(CC)S(=O)(=O)c1ccc(OCC(=O)NC(C)c2ccc(OC)cc2)c(C)c1.